The monoisotopic (exact) mass is 257 g/mol. The molecule has 0 spiro atoms. The number of guanidine groups is 1. The summed E-state index contributed by atoms with van der Waals surface area (Å²) in [5.41, 5.74) is 4.63. The van der Waals surface area contributed by atoms with Crippen LogP contribution in [0.15, 0.2) is 41.5 Å². The van der Waals surface area contributed by atoms with Crippen LogP contribution in [0.4, 0.5) is 0 Å². The maximum atomic E-state index is 5.44. The topological polar surface area (TPSA) is 75.3 Å². The van der Waals surface area contributed by atoms with E-state index in [2.05, 4.69) is 20.7 Å². The van der Waals surface area contributed by atoms with Gasteiger partial charge in [0.1, 0.15) is 0 Å². The highest BCUT2D eigenvalue weighted by Crippen LogP contribution is 2.16. The first-order chi connectivity index (χ1) is 9.20. The molecule has 4 N–H and O–H groups in total. The third-order valence-corrected chi connectivity index (χ3v) is 2.69. The molecule has 0 unspecified atom stereocenters. The Balaban J connectivity index is 2.23. The van der Waals surface area contributed by atoms with Crippen LogP contribution in [0.2, 0.25) is 0 Å². The number of rotatable bonds is 3. The average molecular weight is 257 g/mol. The number of nitrogens with two attached hydrogens (primary N) is 1. The standard InChI is InChI=1S/C14H19N5/c1-10(2)18-14(19-15)17-9-12-6-3-5-11-7-4-8-16-13(11)12/h3-8,10H,9,15H2,1-2H3,(H2,17,18,19). The van der Waals surface area contributed by atoms with Crippen molar-refractivity contribution in [3.63, 3.8) is 0 Å². The van der Waals surface area contributed by atoms with Crippen molar-refractivity contribution >= 4 is 16.9 Å². The fourth-order valence-corrected chi connectivity index (χ4v) is 1.87. The van der Waals surface area contributed by atoms with Gasteiger partial charge in [0, 0.05) is 17.6 Å². The fraction of sp³-hybridized carbons (Fsp3) is 0.286. The van der Waals surface area contributed by atoms with E-state index in [1.807, 2.05) is 44.2 Å². The number of aliphatic imine (C=N–C) groups is 1. The van der Waals surface area contributed by atoms with E-state index in [0.29, 0.717) is 12.5 Å². The molecule has 1 aromatic carbocycles. The summed E-state index contributed by atoms with van der Waals surface area (Å²) in [6, 6.07) is 10.3. The molecule has 2 aromatic rings. The Hall–Kier alpha value is -2.14. The first-order valence-electron chi connectivity index (χ1n) is 6.31. The first-order valence-corrected chi connectivity index (χ1v) is 6.31. The third kappa shape index (κ3) is 3.42. The van der Waals surface area contributed by atoms with Crippen LogP contribution in [0.25, 0.3) is 10.9 Å². The quantitative estimate of drug-likeness (QED) is 0.337. The summed E-state index contributed by atoms with van der Waals surface area (Å²) in [5.74, 6) is 6.02. The zero-order valence-corrected chi connectivity index (χ0v) is 11.2. The van der Waals surface area contributed by atoms with Crippen LogP contribution in [0, 0.1) is 0 Å². The van der Waals surface area contributed by atoms with E-state index in [-0.39, 0.29) is 6.04 Å². The van der Waals surface area contributed by atoms with E-state index in [1.54, 1.807) is 6.20 Å². The number of nitrogens with one attached hydrogen (secondary N) is 2. The minimum absolute atomic E-state index is 0.278. The number of pyridine rings is 1. The van der Waals surface area contributed by atoms with Crippen LogP contribution in [0.3, 0.4) is 0 Å². The van der Waals surface area contributed by atoms with Crippen LogP contribution in [-0.2, 0) is 6.54 Å². The first kappa shape index (κ1) is 13.3. The predicted molar refractivity (Wildman–Crippen MR) is 78.5 cm³/mol. The lowest BCUT2D eigenvalue weighted by atomic mass is 10.1. The predicted octanol–water partition coefficient (Wildman–Crippen LogP) is 1.55. The maximum Gasteiger partial charge on any atom is 0.206 e. The lowest BCUT2D eigenvalue weighted by Crippen LogP contribution is -2.44. The Morgan fingerprint density at radius 3 is 2.84 bits per heavy atom. The summed E-state index contributed by atoms with van der Waals surface area (Å²) in [6.45, 7) is 4.60. The Kier molecular flexibility index (Phi) is 4.30. The Morgan fingerprint density at radius 2 is 2.11 bits per heavy atom. The Labute approximate surface area is 112 Å². The highest BCUT2D eigenvalue weighted by atomic mass is 15.3. The highest BCUT2D eigenvalue weighted by molar-refractivity contribution is 5.82. The number of benzene rings is 1. The lowest BCUT2D eigenvalue weighted by Gasteiger charge is -2.12. The summed E-state index contributed by atoms with van der Waals surface area (Å²) in [5, 5.41) is 4.26. The number of hydrogen-bond donors (Lipinski definition) is 3. The summed E-state index contributed by atoms with van der Waals surface area (Å²) in [7, 11) is 0. The van der Waals surface area contributed by atoms with E-state index >= 15 is 0 Å². The fourth-order valence-electron chi connectivity index (χ4n) is 1.87. The molecule has 100 valence electrons. The molecular weight excluding hydrogens is 238 g/mol. The summed E-state index contributed by atoms with van der Waals surface area (Å²) in [4.78, 5) is 8.84. The van der Waals surface area contributed by atoms with E-state index < -0.39 is 0 Å². The molecule has 0 aliphatic carbocycles. The van der Waals surface area contributed by atoms with Crippen molar-refractivity contribution in [3.8, 4) is 0 Å². The van der Waals surface area contributed by atoms with E-state index in [0.717, 1.165) is 16.5 Å². The molecule has 2 rings (SSSR count). The molecule has 0 fully saturated rings. The third-order valence-electron chi connectivity index (χ3n) is 2.69. The number of aromatic nitrogens is 1. The molecule has 0 bridgehead atoms. The van der Waals surface area contributed by atoms with Gasteiger partial charge in [0.2, 0.25) is 5.96 Å². The minimum atomic E-state index is 0.278. The van der Waals surface area contributed by atoms with Gasteiger partial charge in [0.25, 0.3) is 0 Å². The molecule has 1 aromatic heterocycles. The minimum Gasteiger partial charge on any atom is -0.353 e. The van der Waals surface area contributed by atoms with Crippen LogP contribution in [0.1, 0.15) is 19.4 Å². The van der Waals surface area contributed by atoms with Gasteiger partial charge < -0.3 is 5.32 Å². The number of hydrazine groups is 1. The van der Waals surface area contributed by atoms with Crippen molar-refractivity contribution < 1.29 is 0 Å². The van der Waals surface area contributed by atoms with Gasteiger partial charge in [-0.15, -0.1) is 0 Å². The van der Waals surface area contributed by atoms with Gasteiger partial charge in [-0.3, -0.25) is 10.4 Å². The van der Waals surface area contributed by atoms with Crippen molar-refractivity contribution in [1.82, 2.24) is 15.7 Å². The Bertz CT molecular complexity index is 572. The number of hydrogen-bond acceptors (Lipinski definition) is 3. The van der Waals surface area contributed by atoms with Gasteiger partial charge >= 0.3 is 0 Å². The molecule has 0 aliphatic heterocycles. The second kappa shape index (κ2) is 6.15. The largest absolute Gasteiger partial charge is 0.353 e. The molecule has 0 aliphatic rings. The molecular formula is C14H19N5. The number of fused-ring (bicyclic) bond motifs is 1. The van der Waals surface area contributed by atoms with Crippen molar-refractivity contribution in [3.05, 3.63) is 42.1 Å². The van der Waals surface area contributed by atoms with Gasteiger partial charge in [0.15, 0.2) is 0 Å². The van der Waals surface area contributed by atoms with Gasteiger partial charge in [-0.25, -0.2) is 10.8 Å². The molecule has 0 amide bonds. The van der Waals surface area contributed by atoms with Crippen LogP contribution < -0.4 is 16.6 Å². The smallest absolute Gasteiger partial charge is 0.206 e. The van der Waals surface area contributed by atoms with Gasteiger partial charge in [-0.1, -0.05) is 24.3 Å². The molecule has 19 heavy (non-hydrogen) atoms. The summed E-state index contributed by atoms with van der Waals surface area (Å²) in [6.07, 6.45) is 1.80. The SMILES string of the molecule is CC(C)NC(=NCc1cccc2cccnc12)NN. The van der Waals surface area contributed by atoms with Crippen LogP contribution >= 0.6 is 0 Å². The molecule has 0 atom stereocenters. The number of nitrogens with zero attached hydrogens (tertiary/aromatic N) is 2. The zero-order valence-electron chi connectivity index (χ0n) is 11.2. The van der Waals surface area contributed by atoms with Crippen molar-refractivity contribution in [1.29, 1.82) is 0 Å². The molecule has 0 saturated carbocycles. The summed E-state index contributed by atoms with van der Waals surface area (Å²) >= 11 is 0. The molecule has 0 saturated heterocycles. The van der Waals surface area contributed by atoms with E-state index in [9.17, 15) is 0 Å². The molecule has 5 nitrogen and oxygen atoms in total. The van der Waals surface area contributed by atoms with Crippen molar-refractivity contribution in [2.75, 3.05) is 0 Å². The Morgan fingerprint density at radius 1 is 1.32 bits per heavy atom. The highest BCUT2D eigenvalue weighted by Gasteiger charge is 2.02. The van der Waals surface area contributed by atoms with Crippen LogP contribution in [0.5, 0.6) is 0 Å². The van der Waals surface area contributed by atoms with Gasteiger partial charge in [-0.2, -0.15) is 0 Å². The van der Waals surface area contributed by atoms with Crippen molar-refractivity contribution in [2.45, 2.75) is 26.4 Å². The second-order valence-electron chi connectivity index (χ2n) is 4.60. The molecule has 0 radical (unpaired) electrons. The molecule has 1 heterocycles. The van der Waals surface area contributed by atoms with Gasteiger partial charge in [-0.05, 0) is 25.5 Å². The van der Waals surface area contributed by atoms with E-state index in [4.69, 9.17) is 5.84 Å². The second-order valence-corrected chi connectivity index (χ2v) is 4.60. The van der Waals surface area contributed by atoms with Crippen LogP contribution in [-0.4, -0.2) is 17.0 Å². The molecule has 5 heteroatoms. The van der Waals surface area contributed by atoms with E-state index in [1.165, 1.54) is 0 Å². The average Bonchev–Trinajstić information content (AvgIpc) is 2.43. The normalized spacial score (nSPS) is 11.9. The number of para-hydroxylation sites is 1. The lowest BCUT2D eigenvalue weighted by molar-refractivity contribution is 0.702. The van der Waals surface area contributed by atoms with Gasteiger partial charge in [0.05, 0.1) is 12.1 Å². The summed E-state index contributed by atoms with van der Waals surface area (Å²) < 4.78 is 0. The zero-order chi connectivity index (χ0) is 13.7. The maximum absolute atomic E-state index is 5.44. The van der Waals surface area contributed by atoms with Crippen molar-refractivity contribution in [2.24, 2.45) is 10.8 Å².